The van der Waals surface area contributed by atoms with Crippen LogP contribution in [0.15, 0.2) is 77.7 Å². The molecular formula is C32H41N3O5S. The molecule has 0 bridgehead atoms. The Balaban J connectivity index is 2.07. The first kappa shape index (κ1) is 31.7. The maximum atomic E-state index is 14.2. The van der Waals surface area contributed by atoms with Crippen LogP contribution in [-0.2, 0) is 26.2 Å². The molecule has 0 spiro atoms. The van der Waals surface area contributed by atoms with Crippen LogP contribution in [0.2, 0.25) is 0 Å². The van der Waals surface area contributed by atoms with E-state index in [1.807, 2.05) is 58.0 Å². The summed E-state index contributed by atoms with van der Waals surface area (Å²) in [4.78, 5) is 29.1. The molecule has 0 aliphatic carbocycles. The fourth-order valence-electron chi connectivity index (χ4n) is 4.61. The summed E-state index contributed by atoms with van der Waals surface area (Å²) >= 11 is 0. The van der Waals surface area contributed by atoms with E-state index < -0.39 is 28.5 Å². The number of benzene rings is 3. The molecule has 0 fully saturated rings. The molecule has 2 amide bonds. The lowest BCUT2D eigenvalue weighted by molar-refractivity contribution is -0.140. The summed E-state index contributed by atoms with van der Waals surface area (Å²) in [6, 6.07) is 20.1. The first-order valence-corrected chi connectivity index (χ1v) is 15.4. The maximum Gasteiger partial charge on any atom is 0.264 e. The zero-order valence-corrected chi connectivity index (χ0v) is 25.4. The van der Waals surface area contributed by atoms with Crippen LogP contribution < -0.4 is 14.4 Å². The third-order valence-electron chi connectivity index (χ3n) is 6.95. The molecule has 1 atom stereocenters. The van der Waals surface area contributed by atoms with Gasteiger partial charge in [-0.05, 0) is 73.7 Å². The van der Waals surface area contributed by atoms with Crippen LogP contribution >= 0.6 is 0 Å². The Morgan fingerprint density at radius 2 is 1.68 bits per heavy atom. The average Bonchev–Trinajstić information content (AvgIpc) is 2.97. The summed E-state index contributed by atoms with van der Waals surface area (Å²) in [5, 5.41) is 2.95. The van der Waals surface area contributed by atoms with Gasteiger partial charge in [0.25, 0.3) is 10.0 Å². The number of ether oxygens (including phenoxy) is 1. The monoisotopic (exact) mass is 579 g/mol. The SMILES string of the molecule is CCCCNC(=O)[C@H](CC)N(Cc1cccc(OC)c1)C(=O)CN(c1cc(C)ccc1C)S(=O)(=O)c1ccccc1. The molecule has 0 aromatic heterocycles. The Kier molecular flexibility index (Phi) is 11.3. The highest BCUT2D eigenvalue weighted by molar-refractivity contribution is 7.92. The van der Waals surface area contributed by atoms with Gasteiger partial charge in [0.05, 0.1) is 17.7 Å². The van der Waals surface area contributed by atoms with Crippen molar-refractivity contribution in [1.82, 2.24) is 10.2 Å². The molecule has 0 saturated heterocycles. The number of nitrogens with zero attached hydrogens (tertiary/aromatic N) is 2. The lowest BCUT2D eigenvalue weighted by Crippen LogP contribution is -2.52. The minimum Gasteiger partial charge on any atom is -0.497 e. The molecule has 9 heteroatoms. The number of hydrogen-bond donors (Lipinski definition) is 1. The molecule has 0 heterocycles. The fraction of sp³-hybridized carbons (Fsp3) is 0.375. The van der Waals surface area contributed by atoms with Crippen molar-refractivity contribution in [3.05, 3.63) is 89.5 Å². The number of rotatable bonds is 14. The van der Waals surface area contributed by atoms with Crippen molar-refractivity contribution >= 4 is 27.5 Å². The number of sulfonamides is 1. The van der Waals surface area contributed by atoms with E-state index in [2.05, 4.69) is 5.32 Å². The van der Waals surface area contributed by atoms with Crippen molar-refractivity contribution in [2.75, 3.05) is 24.5 Å². The standard InChI is InChI=1S/C32H41N3O5S/c1-6-8-19-33-32(37)29(7-2)34(22-26-13-12-14-27(21-26)40-5)31(36)23-35(30-20-24(3)17-18-25(30)4)41(38,39)28-15-10-9-11-16-28/h9-18,20-21,29H,6-8,19,22-23H2,1-5H3,(H,33,37)/t29-/m0/s1. The summed E-state index contributed by atoms with van der Waals surface area (Å²) in [5.74, 6) is -0.119. The predicted octanol–water partition coefficient (Wildman–Crippen LogP) is 5.23. The van der Waals surface area contributed by atoms with Gasteiger partial charge in [0.2, 0.25) is 11.8 Å². The van der Waals surface area contributed by atoms with Crippen molar-refractivity contribution < 1.29 is 22.7 Å². The molecule has 3 aromatic rings. The van der Waals surface area contributed by atoms with E-state index in [4.69, 9.17) is 4.74 Å². The summed E-state index contributed by atoms with van der Waals surface area (Å²) in [6.45, 7) is 7.73. The van der Waals surface area contributed by atoms with Crippen molar-refractivity contribution in [3.8, 4) is 5.75 Å². The number of carbonyl (C=O) groups excluding carboxylic acids is 2. The van der Waals surface area contributed by atoms with E-state index in [-0.39, 0.29) is 17.3 Å². The van der Waals surface area contributed by atoms with Crippen molar-refractivity contribution in [2.24, 2.45) is 0 Å². The number of unbranched alkanes of at least 4 members (excludes halogenated alkanes) is 1. The minimum absolute atomic E-state index is 0.0809. The van der Waals surface area contributed by atoms with E-state index in [1.54, 1.807) is 37.4 Å². The summed E-state index contributed by atoms with van der Waals surface area (Å²) in [6.07, 6.45) is 2.11. The van der Waals surface area contributed by atoms with E-state index in [0.29, 0.717) is 30.0 Å². The van der Waals surface area contributed by atoms with E-state index in [1.165, 1.54) is 17.0 Å². The zero-order valence-electron chi connectivity index (χ0n) is 24.6. The van der Waals surface area contributed by atoms with Crippen LogP contribution in [0.25, 0.3) is 0 Å². The van der Waals surface area contributed by atoms with Crippen molar-refractivity contribution in [3.63, 3.8) is 0 Å². The van der Waals surface area contributed by atoms with Crippen LogP contribution in [-0.4, -0.2) is 51.4 Å². The summed E-state index contributed by atoms with van der Waals surface area (Å²) < 4.78 is 34.5. The van der Waals surface area contributed by atoms with Gasteiger partial charge in [-0.15, -0.1) is 0 Å². The molecule has 0 aliphatic heterocycles. The van der Waals surface area contributed by atoms with E-state index in [9.17, 15) is 18.0 Å². The van der Waals surface area contributed by atoms with Crippen LogP contribution in [0.4, 0.5) is 5.69 Å². The Labute approximate surface area is 244 Å². The van der Waals surface area contributed by atoms with Gasteiger partial charge in [-0.3, -0.25) is 13.9 Å². The second-order valence-corrected chi connectivity index (χ2v) is 11.9. The Morgan fingerprint density at radius 3 is 2.34 bits per heavy atom. The summed E-state index contributed by atoms with van der Waals surface area (Å²) in [7, 11) is -2.55. The Bertz CT molecular complexity index is 1430. The molecule has 0 aliphatic rings. The minimum atomic E-state index is -4.11. The lowest BCUT2D eigenvalue weighted by Gasteiger charge is -2.33. The van der Waals surface area contributed by atoms with Gasteiger partial charge < -0.3 is 15.0 Å². The van der Waals surface area contributed by atoms with Gasteiger partial charge in [-0.2, -0.15) is 0 Å². The molecule has 0 unspecified atom stereocenters. The van der Waals surface area contributed by atoms with E-state index in [0.717, 1.165) is 28.3 Å². The number of anilines is 1. The van der Waals surface area contributed by atoms with Crippen LogP contribution in [0.1, 0.15) is 49.8 Å². The van der Waals surface area contributed by atoms with Gasteiger partial charge in [-0.1, -0.05) is 62.7 Å². The number of amides is 2. The highest BCUT2D eigenvalue weighted by Gasteiger charge is 2.34. The quantitative estimate of drug-likeness (QED) is 0.264. The molecule has 220 valence electrons. The van der Waals surface area contributed by atoms with Crippen molar-refractivity contribution in [1.29, 1.82) is 0 Å². The van der Waals surface area contributed by atoms with Crippen LogP contribution in [0, 0.1) is 13.8 Å². The van der Waals surface area contributed by atoms with Crippen molar-refractivity contribution in [2.45, 2.75) is 64.4 Å². The smallest absolute Gasteiger partial charge is 0.264 e. The third kappa shape index (κ3) is 8.10. The zero-order chi connectivity index (χ0) is 30.0. The van der Waals surface area contributed by atoms with E-state index >= 15 is 0 Å². The van der Waals surface area contributed by atoms with Crippen LogP contribution in [0.3, 0.4) is 0 Å². The average molecular weight is 580 g/mol. The molecule has 8 nitrogen and oxygen atoms in total. The highest BCUT2D eigenvalue weighted by Crippen LogP contribution is 2.29. The Hall–Kier alpha value is -3.85. The van der Waals surface area contributed by atoms with Gasteiger partial charge in [0, 0.05) is 13.1 Å². The first-order valence-electron chi connectivity index (χ1n) is 14.0. The molecule has 3 aromatic carbocycles. The number of nitrogens with one attached hydrogen (secondary N) is 1. The van der Waals surface area contributed by atoms with Crippen LogP contribution in [0.5, 0.6) is 5.75 Å². The van der Waals surface area contributed by atoms with Gasteiger partial charge in [-0.25, -0.2) is 8.42 Å². The number of hydrogen-bond acceptors (Lipinski definition) is 5. The largest absolute Gasteiger partial charge is 0.497 e. The molecular weight excluding hydrogens is 538 g/mol. The highest BCUT2D eigenvalue weighted by atomic mass is 32.2. The molecule has 1 N–H and O–H groups in total. The number of aryl methyl sites for hydroxylation is 2. The molecule has 0 radical (unpaired) electrons. The second kappa shape index (κ2) is 14.7. The fourth-order valence-corrected chi connectivity index (χ4v) is 6.11. The number of carbonyl (C=O) groups is 2. The molecule has 3 rings (SSSR count). The Morgan fingerprint density at radius 1 is 0.951 bits per heavy atom. The van der Waals surface area contributed by atoms with Gasteiger partial charge in [0.1, 0.15) is 18.3 Å². The lowest BCUT2D eigenvalue weighted by atomic mass is 10.1. The predicted molar refractivity (Wildman–Crippen MR) is 162 cm³/mol. The third-order valence-corrected chi connectivity index (χ3v) is 8.72. The number of methoxy groups -OCH3 is 1. The van der Waals surface area contributed by atoms with Gasteiger partial charge in [0.15, 0.2) is 0 Å². The normalized spacial score (nSPS) is 11.9. The molecule has 0 saturated carbocycles. The maximum absolute atomic E-state index is 14.2. The topological polar surface area (TPSA) is 96.0 Å². The molecule has 41 heavy (non-hydrogen) atoms. The first-order chi connectivity index (χ1) is 19.6. The second-order valence-electron chi connectivity index (χ2n) is 10.1. The summed E-state index contributed by atoms with van der Waals surface area (Å²) in [5.41, 5.74) is 2.76. The van der Waals surface area contributed by atoms with Gasteiger partial charge >= 0.3 is 0 Å².